The SMILES string of the molecule is O=C(CN1CCN(Cc2nc3ccccc3s2)CC1)NCCc1c[nH]c2ccccc12. The smallest absolute Gasteiger partial charge is 0.234 e. The van der Waals surface area contributed by atoms with Gasteiger partial charge in [-0.3, -0.25) is 14.6 Å². The summed E-state index contributed by atoms with van der Waals surface area (Å²) in [6.45, 7) is 5.81. The molecule has 1 aliphatic heterocycles. The number of hydrogen-bond acceptors (Lipinski definition) is 5. The van der Waals surface area contributed by atoms with Crippen molar-refractivity contribution in [3.05, 3.63) is 65.3 Å². The van der Waals surface area contributed by atoms with Gasteiger partial charge in [0.2, 0.25) is 5.91 Å². The molecule has 1 saturated heterocycles. The number of thiazole rings is 1. The Hall–Kier alpha value is -2.74. The second kappa shape index (κ2) is 9.18. The molecule has 1 fully saturated rings. The van der Waals surface area contributed by atoms with E-state index in [1.54, 1.807) is 11.3 Å². The summed E-state index contributed by atoms with van der Waals surface area (Å²) in [6.07, 6.45) is 2.88. The van der Waals surface area contributed by atoms with Gasteiger partial charge in [0.15, 0.2) is 0 Å². The van der Waals surface area contributed by atoms with Crippen LogP contribution in [0, 0.1) is 0 Å². The number of fused-ring (bicyclic) bond motifs is 2. The van der Waals surface area contributed by atoms with Gasteiger partial charge in [0.1, 0.15) is 5.01 Å². The number of benzene rings is 2. The normalized spacial score (nSPS) is 15.6. The third kappa shape index (κ3) is 4.79. The minimum Gasteiger partial charge on any atom is -0.361 e. The summed E-state index contributed by atoms with van der Waals surface area (Å²) in [6, 6.07) is 16.6. The number of H-pyrrole nitrogens is 1. The highest BCUT2D eigenvalue weighted by Crippen LogP contribution is 2.23. The Morgan fingerprint density at radius 1 is 1.03 bits per heavy atom. The minimum atomic E-state index is 0.111. The van der Waals surface area contributed by atoms with Crippen molar-refractivity contribution in [2.45, 2.75) is 13.0 Å². The van der Waals surface area contributed by atoms with Gasteiger partial charge >= 0.3 is 0 Å². The third-order valence-electron chi connectivity index (χ3n) is 5.92. The van der Waals surface area contributed by atoms with Crippen LogP contribution in [0.25, 0.3) is 21.1 Å². The topological polar surface area (TPSA) is 64.3 Å². The lowest BCUT2D eigenvalue weighted by Gasteiger charge is -2.33. The zero-order chi connectivity index (χ0) is 21.0. The molecule has 2 aromatic carbocycles. The van der Waals surface area contributed by atoms with E-state index < -0.39 is 0 Å². The van der Waals surface area contributed by atoms with E-state index in [1.165, 1.54) is 20.7 Å². The molecule has 0 bridgehead atoms. The van der Waals surface area contributed by atoms with Gasteiger partial charge in [0.05, 0.1) is 23.3 Å². The number of amides is 1. The summed E-state index contributed by atoms with van der Waals surface area (Å²) in [5.41, 5.74) is 3.48. The van der Waals surface area contributed by atoms with Gasteiger partial charge in [-0.15, -0.1) is 11.3 Å². The Bertz CT molecular complexity index is 1140. The zero-order valence-corrected chi connectivity index (χ0v) is 18.3. The second-order valence-electron chi connectivity index (χ2n) is 8.09. The van der Waals surface area contributed by atoms with Gasteiger partial charge in [-0.05, 0) is 30.2 Å². The molecule has 2 aromatic heterocycles. The number of hydrogen-bond donors (Lipinski definition) is 2. The molecule has 31 heavy (non-hydrogen) atoms. The molecular weight excluding hydrogens is 406 g/mol. The maximum absolute atomic E-state index is 12.4. The Morgan fingerprint density at radius 3 is 2.68 bits per heavy atom. The van der Waals surface area contributed by atoms with Gasteiger partial charge < -0.3 is 10.3 Å². The summed E-state index contributed by atoms with van der Waals surface area (Å²) in [4.78, 5) is 25.1. The molecule has 0 aliphatic carbocycles. The maximum atomic E-state index is 12.4. The molecule has 4 aromatic rings. The summed E-state index contributed by atoms with van der Waals surface area (Å²) < 4.78 is 1.25. The second-order valence-corrected chi connectivity index (χ2v) is 9.20. The van der Waals surface area contributed by atoms with Gasteiger partial charge in [0.25, 0.3) is 0 Å². The summed E-state index contributed by atoms with van der Waals surface area (Å²) in [5.74, 6) is 0.111. The van der Waals surface area contributed by atoms with Gasteiger partial charge in [-0.2, -0.15) is 0 Å². The van der Waals surface area contributed by atoms with Crippen LogP contribution in [0.3, 0.4) is 0 Å². The average molecular weight is 434 g/mol. The molecule has 2 N–H and O–H groups in total. The van der Waals surface area contributed by atoms with Crippen molar-refractivity contribution in [1.29, 1.82) is 0 Å². The monoisotopic (exact) mass is 433 g/mol. The van der Waals surface area contributed by atoms with E-state index in [4.69, 9.17) is 4.98 Å². The Kier molecular flexibility index (Phi) is 5.97. The standard InChI is InChI=1S/C24H27N5OS/c30-23(25-10-9-18-15-26-20-6-2-1-5-19(18)20)16-28-11-13-29(14-12-28)17-24-27-21-7-3-4-8-22(21)31-24/h1-8,15,26H,9-14,16-17H2,(H,25,30). The van der Waals surface area contributed by atoms with E-state index in [-0.39, 0.29) is 5.91 Å². The number of aromatic nitrogens is 2. The summed E-state index contributed by atoms with van der Waals surface area (Å²) in [7, 11) is 0. The Morgan fingerprint density at radius 2 is 1.81 bits per heavy atom. The van der Waals surface area contributed by atoms with Crippen LogP contribution >= 0.6 is 11.3 Å². The lowest BCUT2D eigenvalue weighted by atomic mass is 10.1. The van der Waals surface area contributed by atoms with Crippen LogP contribution in [0.4, 0.5) is 0 Å². The van der Waals surface area contributed by atoms with Crippen LogP contribution in [0.15, 0.2) is 54.7 Å². The number of carbonyl (C=O) groups excluding carboxylic acids is 1. The van der Waals surface area contributed by atoms with Crippen molar-refractivity contribution in [2.24, 2.45) is 0 Å². The Labute approximate surface area is 185 Å². The number of para-hydroxylation sites is 2. The number of nitrogens with one attached hydrogen (secondary N) is 2. The van der Waals surface area contributed by atoms with E-state index in [9.17, 15) is 4.79 Å². The number of nitrogens with zero attached hydrogens (tertiary/aromatic N) is 3. The average Bonchev–Trinajstić information content (AvgIpc) is 3.39. The predicted octanol–water partition coefficient (Wildman–Crippen LogP) is 3.25. The first kappa shape index (κ1) is 20.2. The first-order chi connectivity index (χ1) is 15.2. The molecule has 0 atom stereocenters. The molecule has 3 heterocycles. The number of piperazine rings is 1. The minimum absolute atomic E-state index is 0.111. The van der Waals surface area contributed by atoms with Crippen LogP contribution in [0.2, 0.25) is 0 Å². The van der Waals surface area contributed by atoms with Crippen molar-refractivity contribution in [1.82, 2.24) is 25.1 Å². The molecule has 1 aliphatic rings. The molecule has 0 saturated carbocycles. The molecule has 0 radical (unpaired) electrons. The van der Waals surface area contributed by atoms with Crippen molar-refractivity contribution in [3.63, 3.8) is 0 Å². The third-order valence-corrected chi connectivity index (χ3v) is 6.94. The predicted molar refractivity (Wildman–Crippen MR) is 126 cm³/mol. The lowest BCUT2D eigenvalue weighted by Crippen LogP contribution is -2.49. The molecule has 7 heteroatoms. The largest absolute Gasteiger partial charge is 0.361 e. The number of aromatic amines is 1. The highest BCUT2D eigenvalue weighted by molar-refractivity contribution is 7.18. The molecular formula is C24H27N5OS. The number of rotatable bonds is 7. The quantitative estimate of drug-likeness (QED) is 0.470. The van der Waals surface area contributed by atoms with Crippen LogP contribution < -0.4 is 5.32 Å². The summed E-state index contributed by atoms with van der Waals surface area (Å²) in [5, 5.41) is 5.49. The zero-order valence-electron chi connectivity index (χ0n) is 17.5. The van der Waals surface area contributed by atoms with Gasteiger partial charge in [-0.1, -0.05) is 30.3 Å². The highest BCUT2D eigenvalue weighted by atomic mass is 32.1. The van der Waals surface area contributed by atoms with Crippen molar-refractivity contribution < 1.29 is 4.79 Å². The first-order valence-corrected chi connectivity index (χ1v) is 11.7. The molecule has 5 rings (SSSR count). The van der Waals surface area contributed by atoms with E-state index in [1.807, 2.05) is 18.3 Å². The van der Waals surface area contributed by atoms with Crippen molar-refractivity contribution >= 4 is 38.4 Å². The molecule has 1 amide bonds. The van der Waals surface area contributed by atoms with Crippen LogP contribution in [0.1, 0.15) is 10.6 Å². The van der Waals surface area contributed by atoms with Gasteiger partial charge in [-0.25, -0.2) is 4.98 Å². The van der Waals surface area contributed by atoms with E-state index in [0.29, 0.717) is 13.1 Å². The van der Waals surface area contributed by atoms with E-state index in [0.717, 1.165) is 50.2 Å². The Balaban J connectivity index is 1.04. The fourth-order valence-corrected chi connectivity index (χ4v) is 5.23. The van der Waals surface area contributed by atoms with E-state index in [2.05, 4.69) is 56.5 Å². The highest BCUT2D eigenvalue weighted by Gasteiger charge is 2.20. The van der Waals surface area contributed by atoms with E-state index >= 15 is 0 Å². The van der Waals surface area contributed by atoms with Crippen LogP contribution in [-0.4, -0.2) is 64.9 Å². The lowest BCUT2D eigenvalue weighted by molar-refractivity contribution is -0.122. The van der Waals surface area contributed by atoms with Crippen LogP contribution in [0.5, 0.6) is 0 Å². The fraction of sp³-hybridized carbons (Fsp3) is 0.333. The summed E-state index contributed by atoms with van der Waals surface area (Å²) >= 11 is 1.78. The number of carbonyl (C=O) groups is 1. The van der Waals surface area contributed by atoms with Crippen molar-refractivity contribution in [2.75, 3.05) is 39.3 Å². The molecule has 0 spiro atoms. The first-order valence-electron chi connectivity index (χ1n) is 10.9. The molecule has 160 valence electrons. The van der Waals surface area contributed by atoms with Crippen LogP contribution in [-0.2, 0) is 17.8 Å². The van der Waals surface area contributed by atoms with Crippen molar-refractivity contribution in [3.8, 4) is 0 Å². The molecule has 6 nitrogen and oxygen atoms in total. The maximum Gasteiger partial charge on any atom is 0.234 e. The fourth-order valence-electron chi connectivity index (χ4n) is 4.22. The molecule has 0 unspecified atom stereocenters. The van der Waals surface area contributed by atoms with Gasteiger partial charge in [0, 0.05) is 49.8 Å².